The summed E-state index contributed by atoms with van der Waals surface area (Å²) < 4.78 is 11.1. The van der Waals surface area contributed by atoms with Crippen molar-refractivity contribution in [3.05, 3.63) is 47.7 Å². The minimum absolute atomic E-state index is 0.284. The second kappa shape index (κ2) is 6.74. The molecule has 112 valence electrons. The number of nitrogens with zero attached hydrogens (tertiary/aromatic N) is 2. The van der Waals surface area contributed by atoms with Crippen LogP contribution in [0.2, 0.25) is 0 Å². The molecule has 1 aliphatic rings. The van der Waals surface area contributed by atoms with E-state index < -0.39 is 0 Å². The average molecular weight is 287 g/mol. The van der Waals surface area contributed by atoms with Crippen LogP contribution in [-0.4, -0.2) is 37.4 Å². The van der Waals surface area contributed by atoms with Crippen LogP contribution >= 0.6 is 0 Å². The van der Waals surface area contributed by atoms with Gasteiger partial charge in [0.2, 0.25) is 0 Å². The average Bonchev–Trinajstić information content (AvgIpc) is 2.95. The first-order valence-corrected chi connectivity index (χ1v) is 7.35. The first-order chi connectivity index (χ1) is 10.3. The van der Waals surface area contributed by atoms with Gasteiger partial charge in [0.15, 0.2) is 5.82 Å². The number of piperazine rings is 1. The Morgan fingerprint density at radius 1 is 1.38 bits per heavy atom. The summed E-state index contributed by atoms with van der Waals surface area (Å²) in [7, 11) is 0. The van der Waals surface area contributed by atoms with Gasteiger partial charge in [-0.1, -0.05) is 35.5 Å². The number of ether oxygens (including phenoxy) is 1. The number of rotatable bonds is 5. The van der Waals surface area contributed by atoms with Crippen molar-refractivity contribution in [2.75, 3.05) is 31.1 Å². The molecule has 1 aromatic heterocycles. The maximum atomic E-state index is 5.88. The van der Waals surface area contributed by atoms with E-state index in [4.69, 9.17) is 9.26 Å². The van der Waals surface area contributed by atoms with Crippen LogP contribution in [0.1, 0.15) is 11.3 Å². The standard InChI is InChI=1S/C16H21N3O2/c1-13-9-16(18-21-13)19-8-7-17-10-15(19)12-20-11-14-5-3-2-4-6-14/h2-6,9,15,17H,7-8,10-12H2,1H3/t15-/m1/s1. The number of hydrogen-bond donors (Lipinski definition) is 1. The lowest BCUT2D eigenvalue weighted by Crippen LogP contribution is -2.53. The third kappa shape index (κ3) is 3.62. The molecule has 3 rings (SSSR count). The maximum absolute atomic E-state index is 5.88. The molecule has 2 aromatic rings. The fraction of sp³-hybridized carbons (Fsp3) is 0.438. The molecule has 1 fully saturated rings. The van der Waals surface area contributed by atoms with Crippen molar-refractivity contribution in [2.24, 2.45) is 0 Å². The van der Waals surface area contributed by atoms with E-state index in [2.05, 4.69) is 27.5 Å². The lowest BCUT2D eigenvalue weighted by atomic mass is 10.2. The van der Waals surface area contributed by atoms with Crippen molar-refractivity contribution >= 4 is 5.82 Å². The van der Waals surface area contributed by atoms with Crippen molar-refractivity contribution in [3.63, 3.8) is 0 Å². The molecule has 0 saturated carbocycles. The quantitative estimate of drug-likeness (QED) is 0.911. The molecule has 5 nitrogen and oxygen atoms in total. The van der Waals surface area contributed by atoms with Gasteiger partial charge in [0.25, 0.3) is 0 Å². The van der Waals surface area contributed by atoms with Gasteiger partial charge < -0.3 is 19.5 Å². The van der Waals surface area contributed by atoms with Crippen LogP contribution in [0, 0.1) is 6.92 Å². The maximum Gasteiger partial charge on any atom is 0.172 e. The van der Waals surface area contributed by atoms with Crippen LogP contribution < -0.4 is 10.2 Å². The Morgan fingerprint density at radius 2 is 2.24 bits per heavy atom. The third-order valence-electron chi connectivity index (χ3n) is 3.68. The van der Waals surface area contributed by atoms with Gasteiger partial charge in [-0.2, -0.15) is 0 Å². The fourth-order valence-corrected chi connectivity index (χ4v) is 2.59. The Morgan fingerprint density at radius 3 is 3.00 bits per heavy atom. The molecule has 1 saturated heterocycles. The van der Waals surface area contributed by atoms with E-state index in [1.54, 1.807) is 0 Å². The van der Waals surface area contributed by atoms with Gasteiger partial charge in [-0.05, 0) is 12.5 Å². The molecule has 2 heterocycles. The zero-order chi connectivity index (χ0) is 14.5. The predicted octanol–water partition coefficient (Wildman–Crippen LogP) is 1.98. The molecule has 1 aromatic carbocycles. The number of anilines is 1. The van der Waals surface area contributed by atoms with E-state index >= 15 is 0 Å². The van der Waals surface area contributed by atoms with Crippen molar-refractivity contribution in [3.8, 4) is 0 Å². The number of aryl methyl sites for hydroxylation is 1. The summed E-state index contributed by atoms with van der Waals surface area (Å²) in [4.78, 5) is 2.26. The highest BCUT2D eigenvalue weighted by Crippen LogP contribution is 2.18. The van der Waals surface area contributed by atoms with Crippen LogP contribution in [0.4, 0.5) is 5.82 Å². The Hall–Kier alpha value is -1.85. The number of benzene rings is 1. The van der Waals surface area contributed by atoms with Gasteiger partial charge in [-0.15, -0.1) is 0 Å². The highest BCUT2D eigenvalue weighted by Gasteiger charge is 2.24. The summed E-state index contributed by atoms with van der Waals surface area (Å²) in [6.45, 7) is 6.02. The van der Waals surface area contributed by atoms with Gasteiger partial charge in [-0.3, -0.25) is 0 Å². The lowest BCUT2D eigenvalue weighted by Gasteiger charge is -2.35. The van der Waals surface area contributed by atoms with Gasteiger partial charge in [0.05, 0.1) is 19.3 Å². The van der Waals surface area contributed by atoms with Crippen molar-refractivity contribution in [2.45, 2.75) is 19.6 Å². The molecule has 1 aliphatic heterocycles. The Kier molecular flexibility index (Phi) is 4.52. The minimum Gasteiger partial charge on any atom is -0.375 e. The van der Waals surface area contributed by atoms with Crippen LogP contribution in [-0.2, 0) is 11.3 Å². The first kappa shape index (κ1) is 14.1. The van der Waals surface area contributed by atoms with Crippen LogP contribution in [0.5, 0.6) is 0 Å². The van der Waals surface area contributed by atoms with Crippen LogP contribution in [0.15, 0.2) is 40.9 Å². The molecular formula is C16H21N3O2. The SMILES string of the molecule is Cc1cc(N2CCNC[C@@H]2COCc2ccccc2)no1. The van der Waals surface area contributed by atoms with E-state index in [9.17, 15) is 0 Å². The Balaban J connectivity index is 1.57. The molecule has 5 heteroatoms. The number of nitrogens with one attached hydrogen (secondary N) is 1. The fourth-order valence-electron chi connectivity index (χ4n) is 2.59. The smallest absolute Gasteiger partial charge is 0.172 e. The zero-order valence-electron chi connectivity index (χ0n) is 12.3. The van der Waals surface area contributed by atoms with E-state index in [-0.39, 0.29) is 6.04 Å². The summed E-state index contributed by atoms with van der Waals surface area (Å²) in [6, 6.07) is 12.5. The minimum atomic E-state index is 0.284. The summed E-state index contributed by atoms with van der Waals surface area (Å²) in [5, 5.41) is 7.53. The van der Waals surface area contributed by atoms with Crippen LogP contribution in [0.25, 0.3) is 0 Å². The largest absolute Gasteiger partial charge is 0.375 e. The lowest BCUT2D eigenvalue weighted by molar-refractivity contribution is 0.102. The van der Waals surface area contributed by atoms with Crippen molar-refractivity contribution in [1.29, 1.82) is 0 Å². The zero-order valence-corrected chi connectivity index (χ0v) is 12.3. The molecule has 21 heavy (non-hydrogen) atoms. The summed E-state index contributed by atoms with van der Waals surface area (Å²) in [5.74, 6) is 1.75. The van der Waals surface area contributed by atoms with Crippen molar-refractivity contribution < 1.29 is 9.26 Å². The molecule has 1 N–H and O–H groups in total. The van der Waals surface area contributed by atoms with E-state index in [1.165, 1.54) is 5.56 Å². The second-order valence-corrected chi connectivity index (χ2v) is 5.35. The number of aromatic nitrogens is 1. The first-order valence-electron chi connectivity index (χ1n) is 7.35. The molecule has 1 atom stereocenters. The molecule has 0 unspecified atom stereocenters. The Bertz CT molecular complexity index is 556. The topological polar surface area (TPSA) is 50.5 Å². The van der Waals surface area contributed by atoms with E-state index in [1.807, 2.05) is 31.2 Å². The normalized spacial score (nSPS) is 18.9. The molecule has 0 bridgehead atoms. The molecule has 0 radical (unpaired) electrons. The van der Waals surface area contributed by atoms with Crippen LogP contribution in [0.3, 0.4) is 0 Å². The van der Waals surface area contributed by atoms with Gasteiger partial charge in [0, 0.05) is 25.7 Å². The highest BCUT2D eigenvalue weighted by molar-refractivity contribution is 5.40. The molecule has 0 aliphatic carbocycles. The monoisotopic (exact) mass is 287 g/mol. The van der Waals surface area contributed by atoms with Gasteiger partial charge >= 0.3 is 0 Å². The predicted molar refractivity (Wildman–Crippen MR) is 81.3 cm³/mol. The van der Waals surface area contributed by atoms with E-state index in [0.29, 0.717) is 13.2 Å². The van der Waals surface area contributed by atoms with Gasteiger partial charge in [-0.25, -0.2) is 0 Å². The van der Waals surface area contributed by atoms with E-state index in [0.717, 1.165) is 31.2 Å². The summed E-state index contributed by atoms with van der Waals surface area (Å²) in [6.07, 6.45) is 0. The van der Waals surface area contributed by atoms with Crippen molar-refractivity contribution in [1.82, 2.24) is 10.5 Å². The number of hydrogen-bond acceptors (Lipinski definition) is 5. The molecule has 0 amide bonds. The Labute approximate surface area is 124 Å². The van der Waals surface area contributed by atoms with Gasteiger partial charge in [0.1, 0.15) is 5.76 Å². The third-order valence-corrected chi connectivity index (χ3v) is 3.68. The molecule has 0 spiro atoms. The summed E-state index contributed by atoms with van der Waals surface area (Å²) >= 11 is 0. The molecular weight excluding hydrogens is 266 g/mol. The highest BCUT2D eigenvalue weighted by atomic mass is 16.5. The second-order valence-electron chi connectivity index (χ2n) is 5.35. The summed E-state index contributed by atoms with van der Waals surface area (Å²) in [5.41, 5.74) is 1.20.